The van der Waals surface area contributed by atoms with Gasteiger partial charge >= 0.3 is 0 Å². The summed E-state index contributed by atoms with van der Waals surface area (Å²) in [5.41, 5.74) is 0.845. The molecule has 0 unspecified atom stereocenters. The fraction of sp³-hybridized carbons (Fsp3) is 1.00. The van der Waals surface area contributed by atoms with Crippen LogP contribution < -0.4 is 0 Å². The van der Waals surface area contributed by atoms with Gasteiger partial charge in [0, 0.05) is 6.04 Å². The predicted molar refractivity (Wildman–Crippen MR) is 59.1 cm³/mol. The van der Waals surface area contributed by atoms with Crippen LogP contribution in [0.1, 0.15) is 40.0 Å². The fourth-order valence-electron chi connectivity index (χ4n) is 5.12. The van der Waals surface area contributed by atoms with Crippen molar-refractivity contribution < 1.29 is 0 Å². The molecule has 0 aliphatic heterocycles. The Kier molecular flexibility index (Phi) is 1.81. The van der Waals surface area contributed by atoms with Gasteiger partial charge in [-0.05, 0) is 55.5 Å². The topological polar surface area (TPSA) is 3.24 Å². The molecule has 5 atom stereocenters. The van der Waals surface area contributed by atoms with Crippen LogP contribution in [0.4, 0.5) is 0 Å². The number of hydrogen-bond donors (Lipinski definition) is 0. The lowest BCUT2D eigenvalue weighted by molar-refractivity contribution is 0.177. The van der Waals surface area contributed by atoms with Gasteiger partial charge in [0.25, 0.3) is 0 Å². The molecule has 4 saturated carbocycles. The van der Waals surface area contributed by atoms with Gasteiger partial charge in [0.2, 0.25) is 0 Å². The van der Waals surface area contributed by atoms with Crippen molar-refractivity contribution in [3.8, 4) is 0 Å². The maximum atomic E-state index is 2.74. The van der Waals surface area contributed by atoms with Crippen molar-refractivity contribution in [1.29, 1.82) is 0 Å². The summed E-state index contributed by atoms with van der Waals surface area (Å²) in [6, 6.07) is 0.981. The third-order valence-corrected chi connectivity index (χ3v) is 5.67. The zero-order valence-electron chi connectivity index (χ0n) is 9.79. The van der Waals surface area contributed by atoms with Crippen LogP contribution in [0.5, 0.6) is 0 Å². The molecule has 4 bridgehead atoms. The van der Waals surface area contributed by atoms with Crippen molar-refractivity contribution in [1.82, 2.24) is 4.90 Å². The van der Waals surface area contributed by atoms with E-state index in [9.17, 15) is 0 Å². The molecular weight excluding hydrogens is 170 g/mol. The maximum absolute atomic E-state index is 2.74. The minimum absolute atomic E-state index is 0.845. The Morgan fingerprint density at radius 2 is 1.93 bits per heavy atom. The minimum atomic E-state index is 0.845. The third kappa shape index (κ3) is 0.816. The zero-order valence-corrected chi connectivity index (χ0v) is 9.79. The number of nitrogens with zero attached hydrogens (tertiary/aromatic N) is 1. The van der Waals surface area contributed by atoms with Crippen LogP contribution in [-0.4, -0.2) is 24.0 Å². The largest absolute Gasteiger partial charge is 0.300 e. The second kappa shape index (κ2) is 2.75. The first kappa shape index (κ1) is 9.21. The Hall–Kier alpha value is -0.0400. The van der Waals surface area contributed by atoms with Gasteiger partial charge in [0.05, 0.1) is 0 Å². The summed E-state index contributed by atoms with van der Waals surface area (Å²) in [5.74, 6) is 3.32. The van der Waals surface area contributed by atoms with Gasteiger partial charge in [-0.1, -0.05) is 20.8 Å². The summed E-state index contributed by atoms with van der Waals surface area (Å²) in [5, 5.41) is 0. The highest BCUT2D eigenvalue weighted by atomic mass is 15.2. The molecule has 0 spiro atoms. The van der Waals surface area contributed by atoms with E-state index < -0.39 is 0 Å². The smallest absolute Gasteiger partial charge is 0.0160 e. The molecule has 0 saturated heterocycles. The van der Waals surface area contributed by atoms with E-state index in [2.05, 4.69) is 25.7 Å². The second-order valence-corrected chi connectivity index (χ2v) is 5.63. The van der Waals surface area contributed by atoms with E-state index in [1.54, 1.807) is 12.8 Å². The van der Waals surface area contributed by atoms with Crippen molar-refractivity contribution in [3.05, 3.63) is 0 Å². The lowest BCUT2D eigenvalue weighted by Crippen LogP contribution is -2.37. The van der Waals surface area contributed by atoms with E-state index >= 15 is 0 Å². The summed E-state index contributed by atoms with van der Waals surface area (Å²) in [6.45, 7) is 9.60. The first-order chi connectivity index (χ1) is 6.78. The van der Waals surface area contributed by atoms with Crippen molar-refractivity contribution in [2.45, 2.75) is 46.1 Å². The van der Waals surface area contributed by atoms with Crippen LogP contribution in [-0.2, 0) is 0 Å². The molecule has 0 amide bonds. The predicted octanol–water partition coefficient (Wildman–Crippen LogP) is 2.76. The van der Waals surface area contributed by atoms with Gasteiger partial charge in [0.1, 0.15) is 0 Å². The molecule has 0 aromatic heterocycles. The molecular formula is C13H23N. The van der Waals surface area contributed by atoms with Gasteiger partial charge in [-0.3, -0.25) is 0 Å². The SMILES string of the molecule is CCN(CC)[C@@H]1[C@H]2C[C@@H]3[C@H]1[C@@]3(CC)C2. The highest BCUT2D eigenvalue weighted by molar-refractivity contribution is 5.27. The standard InChI is InChI=1S/C13H23N/c1-4-13-8-9-7-10(13)11(13)12(9)14(5-2)6-3/h9-12H,4-8H2,1-3H3/t9-,10+,11+,12+,13-/m0/s1. The van der Waals surface area contributed by atoms with Gasteiger partial charge in [-0.2, -0.15) is 0 Å². The van der Waals surface area contributed by atoms with Crippen LogP contribution in [0.3, 0.4) is 0 Å². The summed E-state index contributed by atoms with van der Waals surface area (Å²) in [4.78, 5) is 2.74. The molecule has 4 aliphatic rings. The summed E-state index contributed by atoms with van der Waals surface area (Å²) in [7, 11) is 0. The summed E-state index contributed by atoms with van der Waals surface area (Å²) >= 11 is 0. The molecule has 80 valence electrons. The van der Waals surface area contributed by atoms with Crippen molar-refractivity contribution in [2.75, 3.05) is 13.1 Å². The Labute approximate surface area is 87.9 Å². The average Bonchev–Trinajstić information content (AvgIpc) is 2.65. The lowest BCUT2D eigenvalue weighted by atomic mass is 10.0. The van der Waals surface area contributed by atoms with Crippen molar-refractivity contribution >= 4 is 0 Å². The maximum Gasteiger partial charge on any atom is 0.0160 e. The molecule has 1 heteroatoms. The van der Waals surface area contributed by atoms with Gasteiger partial charge in [-0.25, -0.2) is 0 Å². The van der Waals surface area contributed by atoms with E-state index in [1.165, 1.54) is 19.5 Å². The highest BCUT2D eigenvalue weighted by Crippen LogP contribution is 2.81. The Bertz CT molecular complexity index is 246. The molecule has 0 aromatic carbocycles. The minimum Gasteiger partial charge on any atom is -0.300 e. The molecule has 4 rings (SSSR count). The number of hydrogen-bond acceptors (Lipinski definition) is 1. The van der Waals surface area contributed by atoms with Gasteiger partial charge in [0.15, 0.2) is 0 Å². The van der Waals surface area contributed by atoms with Crippen LogP contribution in [0.15, 0.2) is 0 Å². The monoisotopic (exact) mass is 193 g/mol. The van der Waals surface area contributed by atoms with Crippen molar-refractivity contribution in [2.24, 2.45) is 23.2 Å². The molecule has 0 heterocycles. The summed E-state index contributed by atoms with van der Waals surface area (Å²) < 4.78 is 0. The van der Waals surface area contributed by atoms with Crippen molar-refractivity contribution in [3.63, 3.8) is 0 Å². The van der Waals surface area contributed by atoms with E-state index in [1.807, 2.05) is 0 Å². The molecule has 14 heavy (non-hydrogen) atoms. The molecule has 4 aliphatic carbocycles. The fourth-order valence-corrected chi connectivity index (χ4v) is 5.12. The molecule has 0 N–H and O–H groups in total. The number of rotatable bonds is 4. The average molecular weight is 193 g/mol. The van der Waals surface area contributed by atoms with E-state index in [0.717, 1.165) is 29.2 Å². The lowest BCUT2D eigenvalue weighted by Gasteiger charge is -2.29. The Morgan fingerprint density at radius 3 is 2.36 bits per heavy atom. The molecule has 0 radical (unpaired) electrons. The molecule has 0 aromatic rings. The Morgan fingerprint density at radius 1 is 1.21 bits per heavy atom. The van der Waals surface area contributed by atoms with Crippen LogP contribution in [0.2, 0.25) is 0 Å². The van der Waals surface area contributed by atoms with Crippen LogP contribution in [0, 0.1) is 23.2 Å². The van der Waals surface area contributed by atoms with E-state index in [-0.39, 0.29) is 0 Å². The van der Waals surface area contributed by atoms with Crippen LogP contribution >= 0.6 is 0 Å². The van der Waals surface area contributed by atoms with E-state index in [4.69, 9.17) is 0 Å². The Balaban J connectivity index is 1.81. The highest BCUT2D eigenvalue weighted by Gasteiger charge is 2.77. The van der Waals surface area contributed by atoms with Gasteiger partial charge < -0.3 is 4.90 Å². The first-order valence-electron chi connectivity index (χ1n) is 6.52. The molecule has 4 fully saturated rings. The van der Waals surface area contributed by atoms with Crippen LogP contribution in [0.25, 0.3) is 0 Å². The molecule has 1 nitrogen and oxygen atoms in total. The summed E-state index contributed by atoms with van der Waals surface area (Å²) in [6.07, 6.45) is 4.59. The quantitative estimate of drug-likeness (QED) is 0.663. The van der Waals surface area contributed by atoms with Gasteiger partial charge in [-0.15, -0.1) is 0 Å². The normalized spacial score (nSPS) is 53.1. The first-order valence-corrected chi connectivity index (χ1v) is 6.52. The third-order valence-electron chi connectivity index (χ3n) is 5.67. The zero-order chi connectivity index (χ0) is 9.92. The second-order valence-electron chi connectivity index (χ2n) is 5.63. The van der Waals surface area contributed by atoms with E-state index in [0.29, 0.717) is 0 Å².